The van der Waals surface area contributed by atoms with Crippen molar-refractivity contribution in [3.63, 3.8) is 0 Å². The number of carboxylic acid groups (broad SMARTS) is 1. The van der Waals surface area contributed by atoms with Gasteiger partial charge in [0, 0.05) is 12.6 Å². The van der Waals surface area contributed by atoms with Gasteiger partial charge in [-0.3, -0.25) is 9.69 Å². The highest BCUT2D eigenvalue weighted by Crippen LogP contribution is 2.23. The van der Waals surface area contributed by atoms with Crippen LogP contribution in [0, 0.1) is 5.92 Å². The van der Waals surface area contributed by atoms with Crippen LogP contribution in [-0.2, 0) is 11.3 Å². The Morgan fingerprint density at radius 3 is 2.67 bits per heavy atom. The van der Waals surface area contributed by atoms with Gasteiger partial charge in [-0.25, -0.2) is 0 Å². The predicted molar refractivity (Wildman–Crippen MR) is 78.4 cm³/mol. The van der Waals surface area contributed by atoms with E-state index in [1.54, 1.807) is 13.0 Å². The molecule has 0 bridgehead atoms. The maximum absolute atomic E-state index is 10.8. The highest BCUT2D eigenvalue weighted by atomic mass is 16.6. The summed E-state index contributed by atoms with van der Waals surface area (Å²) in [7, 11) is 1.86. The molecular formula is C16H19NO4. The van der Waals surface area contributed by atoms with Crippen LogP contribution in [-0.4, -0.2) is 29.6 Å². The summed E-state index contributed by atoms with van der Waals surface area (Å²) in [6, 6.07) is 13.0. The van der Waals surface area contributed by atoms with Gasteiger partial charge in [0.15, 0.2) is 0 Å². The largest absolute Gasteiger partial charge is 0.481 e. The molecule has 0 saturated heterocycles. The van der Waals surface area contributed by atoms with Gasteiger partial charge in [0.2, 0.25) is 0 Å². The Kier molecular flexibility index (Phi) is 5.00. The predicted octanol–water partition coefficient (Wildman–Crippen LogP) is 3.22. The number of carbonyl (C=O) groups is 1. The van der Waals surface area contributed by atoms with E-state index in [-0.39, 0.29) is 0 Å². The average molecular weight is 289 g/mol. The third kappa shape index (κ3) is 4.65. The summed E-state index contributed by atoms with van der Waals surface area (Å²) in [6.45, 7) is 2.69. The van der Waals surface area contributed by atoms with Crippen molar-refractivity contribution in [3.8, 4) is 11.7 Å². The summed E-state index contributed by atoms with van der Waals surface area (Å²) < 4.78 is 11.2. The molecule has 5 nitrogen and oxygen atoms in total. The Morgan fingerprint density at radius 1 is 1.29 bits per heavy atom. The second kappa shape index (κ2) is 6.95. The second-order valence-corrected chi connectivity index (χ2v) is 5.07. The van der Waals surface area contributed by atoms with Gasteiger partial charge in [-0.1, -0.05) is 25.1 Å². The lowest BCUT2D eigenvalue weighted by atomic mass is 10.2. The van der Waals surface area contributed by atoms with Crippen LogP contribution in [0.4, 0.5) is 0 Å². The van der Waals surface area contributed by atoms with Gasteiger partial charge in [0.05, 0.1) is 12.5 Å². The van der Waals surface area contributed by atoms with E-state index in [1.807, 2.05) is 48.3 Å². The minimum absolute atomic E-state index is 0.412. The van der Waals surface area contributed by atoms with E-state index in [4.69, 9.17) is 14.3 Å². The summed E-state index contributed by atoms with van der Waals surface area (Å²) in [6.07, 6.45) is 0. The van der Waals surface area contributed by atoms with Crippen molar-refractivity contribution < 1.29 is 19.1 Å². The van der Waals surface area contributed by atoms with E-state index >= 15 is 0 Å². The van der Waals surface area contributed by atoms with Gasteiger partial charge >= 0.3 is 5.97 Å². The molecule has 2 rings (SSSR count). The van der Waals surface area contributed by atoms with E-state index < -0.39 is 11.9 Å². The first-order valence-electron chi connectivity index (χ1n) is 6.77. The van der Waals surface area contributed by atoms with Gasteiger partial charge in [-0.05, 0) is 25.2 Å². The Morgan fingerprint density at radius 2 is 2.00 bits per heavy atom. The molecule has 2 aromatic rings. The molecule has 0 aliphatic heterocycles. The molecule has 1 heterocycles. The van der Waals surface area contributed by atoms with E-state index in [0.717, 1.165) is 5.76 Å². The number of aliphatic carboxylic acids is 1. The quantitative estimate of drug-likeness (QED) is 0.848. The summed E-state index contributed by atoms with van der Waals surface area (Å²) in [5.74, 6) is 0.669. The van der Waals surface area contributed by atoms with Crippen molar-refractivity contribution in [2.75, 3.05) is 13.6 Å². The van der Waals surface area contributed by atoms with Crippen LogP contribution >= 0.6 is 0 Å². The molecule has 0 aliphatic rings. The molecule has 0 fully saturated rings. The number of furan rings is 1. The number of hydrogen-bond donors (Lipinski definition) is 1. The summed E-state index contributed by atoms with van der Waals surface area (Å²) in [5.41, 5.74) is 0. The van der Waals surface area contributed by atoms with Crippen LogP contribution < -0.4 is 4.74 Å². The van der Waals surface area contributed by atoms with E-state index in [0.29, 0.717) is 24.8 Å². The van der Waals surface area contributed by atoms with Crippen molar-refractivity contribution in [1.82, 2.24) is 4.90 Å². The minimum atomic E-state index is -0.797. The standard InChI is InChI=1S/C16H19NO4/c1-12(16(18)19)10-17(2)11-14-8-9-15(21-14)20-13-6-4-3-5-7-13/h3-9,12H,10-11H2,1-2H3,(H,18,19). The first-order chi connectivity index (χ1) is 10.0. The number of carboxylic acids is 1. The minimum Gasteiger partial charge on any atom is -0.481 e. The van der Waals surface area contributed by atoms with Gasteiger partial charge in [-0.15, -0.1) is 0 Å². The molecule has 0 amide bonds. The van der Waals surface area contributed by atoms with Crippen molar-refractivity contribution in [1.29, 1.82) is 0 Å². The molecule has 0 saturated carbocycles. The van der Waals surface area contributed by atoms with Gasteiger partial charge in [0.25, 0.3) is 5.95 Å². The molecule has 0 spiro atoms. The second-order valence-electron chi connectivity index (χ2n) is 5.07. The number of ether oxygens (including phenoxy) is 1. The highest BCUT2D eigenvalue weighted by Gasteiger charge is 2.15. The first kappa shape index (κ1) is 15.1. The number of hydrogen-bond acceptors (Lipinski definition) is 4. The van der Waals surface area contributed by atoms with Crippen molar-refractivity contribution in [2.24, 2.45) is 5.92 Å². The van der Waals surface area contributed by atoms with E-state index in [2.05, 4.69) is 0 Å². The van der Waals surface area contributed by atoms with Crippen LogP contribution in [0.15, 0.2) is 46.9 Å². The molecule has 0 aliphatic carbocycles. The summed E-state index contributed by atoms with van der Waals surface area (Å²) >= 11 is 0. The Balaban J connectivity index is 1.89. The maximum atomic E-state index is 10.8. The van der Waals surface area contributed by atoms with E-state index in [1.165, 1.54) is 0 Å². The Labute approximate surface area is 123 Å². The van der Waals surface area contributed by atoms with Crippen LogP contribution in [0.3, 0.4) is 0 Å². The van der Waals surface area contributed by atoms with E-state index in [9.17, 15) is 4.79 Å². The zero-order valence-electron chi connectivity index (χ0n) is 12.2. The number of nitrogens with zero attached hydrogens (tertiary/aromatic N) is 1. The zero-order valence-corrected chi connectivity index (χ0v) is 12.2. The lowest BCUT2D eigenvalue weighted by molar-refractivity contribution is -0.141. The number of rotatable bonds is 7. The highest BCUT2D eigenvalue weighted by molar-refractivity contribution is 5.69. The molecule has 5 heteroatoms. The van der Waals surface area contributed by atoms with Crippen LogP contribution in [0.25, 0.3) is 0 Å². The van der Waals surface area contributed by atoms with Crippen molar-refractivity contribution in [3.05, 3.63) is 48.2 Å². The fourth-order valence-electron chi connectivity index (χ4n) is 1.98. The molecular weight excluding hydrogens is 270 g/mol. The third-order valence-electron chi connectivity index (χ3n) is 3.03. The molecule has 1 unspecified atom stereocenters. The Hall–Kier alpha value is -2.27. The first-order valence-corrected chi connectivity index (χ1v) is 6.77. The normalized spacial score (nSPS) is 12.3. The number of para-hydroxylation sites is 1. The molecule has 1 atom stereocenters. The smallest absolute Gasteiger partial charge is 0.307 e. The van der Waals surface area contributed by atoms with Crippen LogP contribution in [0.5, 0.6) is 11.7 Å². The van der Waals surface area contributed by atoms with Crippen molar-refractivity contribution in [2.45, 2.75) is 13.5 Å². The molecule has 0 radical (unpaired) electrons. The SMILES string of the molecule is CC(CN(C)Cc1ccc(Oc2ccccc2)o1)C(=O)O. The lowest BCUT2D eigenvalue weighted by Crippen LogP contribution is -2.28. The van der Waals surface area contributed by atoms with Crippen molar-refractivity contribution >= 4 is 5.97 Å². The fourth-order valence-corrected chi connectivity index (χ4v) is 1.98. The topological polar surface area (TPSA) is 62.9 Å². The van der Waals surface area contributed by atoms with Gasteiger partial charge < -0.3 is 14.3 Å². The Bertz CT molecular complexity index is 579. The lowest BCUT2D eigenvalue weighted by Gasteiger charge is -2.17. The molecule has 1 aromatic carbocycles. The summed E-state index contributed by atoms with van der Waals surface area (Å²) in [4.78, 5) is 12.7. The molecule has 1 aromatic heterocycles. The number of benzene rings is 1. The fraction of sp³-hybridized carbons (Fsp3) is 0.312. The average Bonchev–Trinajstić information content (AvgIpc) is 2.86. The maximum Gasteiger partial charge on any atom is 0.307 e. The third-order valence-corrected chi connectivity index (χ3v) is 3.03. The summed E-state index contributed by atoms with van der Waals surface area (Å²) in [5, 5.41) is 8.90. The molecule has 21 heavy (non-hydrogen) atoms. The van der Waals surface area contributed by atoms with Crippen LogP contribution in [0.1, 0.15) is 12.7 Å². The monoisotopic (exact) mass is 289 g/mol. The zero-order chi connectivity index (χ0) is 15.2. The van der Waals surface area contributed by atoms with Gasteiger partial charge in [0.1, 0.15) is 11.5 Å². The van der Waals surface area contributed by atoms with Crippen LogP contribution in [0.2, 0.25) is 0 Å². The van der Waals surface area contributed by atoms with Gasteiger partial charge in [-0.2, -0.15) is 0 Å². The molecule has 1 N–H and O–H groups in total. The molecule has 112 valence electrons.